The number of carbonyl (C=O) groups is 1. The highest BCUT2D eigenvalue weighted by atomic mass is 16.1. The maximum atomic E-state index is 11.1. The van der Waals surface area contributed by atoms with Crippen LogP contribution in [0.3, 0.4) is 0 Å². The number of ketones is 1. The predicted molar refractivity (Wildman–Crippen MR) is 50.1 cm³/mol. The van der Waals surface area contributed by atoms with Gasteiger partial charge in [0.15, 0.2) is 0 Å². The fraction of sp³-hybridized carbons (Fsp3) is 0.900. The second-order valence-electron chi connectivity index (χ2n) is 3.89. The zero-order chi connectivity index (χ0) is 9.14. The van der Waals surface area contributed by atoms with Crippen molar-refractivity contribution in [1.29, 1.82) is 0 Å². The Kier molecular flexibility index (Phi) is 3.27. The summed E-state index contributed by atoms with van der Waals surface area (Å²) in [6, 6.07) is 0.598. The quantitative estimate of drug-likeness (QED) is 0.624. The lowest BCUT2D eigenvalue weighted by Crippen LogP contribution is -2.35. The molecular weight excluding hydrogens is 150 g/mol. The Morgan fingerprint density at radius 3 is 2.58 bits per heavy atom. The van der Waals surface area contributed by atoms with Gasteiger partial charge in [0.1, 0.15) is 5.78 Å². The van der Waals surface area contributed by atoms with E-state index in [-0.39, 0.29) is 0 Å². The maximum Gasteiger partial charge on any atom is 0.146 e. The van der Waals surface area contributed by atoms with E-state index in [0.29, 0.717) is 24.8 Å². The molecule has 0 aromatic rings. The van der Waals surface area contributed by atoms with Crippen molar-refractivity contribution in [2.24, 2.45) is 5.92 Å². The van der Waals surface area contributed by atoms with Crippen LogP contribution in [-0.2, 0) is 4.79 Å². The lowest BCUT2D eigenvalue weighted by Gasteiger charge is -2.23. The van der Waals surface area contributed by atoms with Crippen molar-refractivity contribution in [3.63, 3.8) is 0 Å². The number of nitrogens with zero attached hydrogens (tertiary/aromatic N) is 1. The van der Waals surface area contributed by atoms with E-state index in [0.717, 1.165) is 5.92 Å². The van der Waals surface area contributed by atoms with Gasteiger partial charge >= 0.3 is 0 Å². The molecule has 2 heteroatoms. The summed E-state index contributed by atoms with van der Waals surface area (Å²) in [6.45, 7) is 4.78. The third-order valence-corrected chi connectivity index (χ3v) is 2.82. The zero-order valence-electron chi connectivity index (χ0n) is 8.34. The van der Waals surface area contributed by atoms with Crippen LogP contribution in [0.15, 0.2) is 0 Å². The molecule has 1 saturated carbocycles. The standard InChI is InChI=1S/C10H19NO/c1-4-10(12)7-11(3)8(2)9-5-6-9/h8-9H,4-7H2,1-3H3. The molecule has 1 fully saturated rings. The summed E-state index contributed by atoms with van der Waals surface area (Å²) in [5.41, 5.74) is 0. The number of likely N-dealkylation sites (N-methyl/N-ethyl adjacent to an activating group) is 1. The van der Waals surface area contributed by atoms with Gasteiger partial charge in [-0.05, 0) is 32.7 Å². The Bertz CT molecular complexity index is 163. The van der Waals surface area contributed by atoms with Crippen molar-refractivity contribution in [1.82, 2.24) is 4.90 Å². The molecule has 0 heterocycles. The highest BCUT2D eigenvalue weighted by Crippen LogP contribution is 2.34. The number of carbonyl (C=O) groups excluding carboxylic acids is 1. The molecule has 0 radical (unpaired) electrons. The second-order valence-corrected chi connectivity index (χ2v) is 3.89. The molecule has 0 spiro atoms. The summed E-state index contributed by atoms with van der Waals surface area (Å²) in [6.07, 6.45) is 3.37. The van der Waals surface area contributed by atoms with Gasteiger partial charge in [0.05, 0.1) is 6.54 Å². The van der Waals surface area contributed by atoms with Crippen LogP contribution in [0.5, 0.6) is 0 Å². The summed E-state index contributed by atoms with van der Waals surface area (Å²) in [5.74, 6) is 1.21. The highest BCUT2D eigenvalue weighted by Gasteiger charge is 2.30. The van der Waals surface area contributed by atoms with E-state index in [1.165, 1.54) is 12.8 Å². The van der Waals surface area contributed by atoms with Gasteiger partial charge in [-0.1, -0.05) is 6.92 Å². The van der Waals surface area contributed by atoms with Crippen LogP contribution in [0, 0.1) is 5.92 Å². The van der Waals surface area contributed by atoms with Gasteiger partial charge in [-0.15, -0.1) is 0 Å². The maximum absolute atomic E-state index is 11.1. The Hall–Kier alpha value is -0.370. The molecule has 70 valence electrons. The minimum atomic E-state index is 0.352. The van der Waals surface area contributed by atoms with Gasteiger partial charge in [0, 0.05) is 12.5 Å². The van der Waals surface area contributed by atoms with E-state index in [2.05, 4.69) is 18.9 Å². The van der Waals surface area contributed by atoms with Crippen LogP contribution in [0.25, 0.3) is 0 Å². The molecule has 1 aliphatic rings. The third kappa shape index (κ3) is 2.59. The molecule has 1 rings (SSSR count). The molecule has 1 atom stereocenters. The monoisotopic (exact) mass is 169 g/mol. The molecule has 0 amide bonds. The number of rotatable bonds is 5. The van der Waals surface area contributed by atoms with E-state index in [4.69, 9.17) is 0 Å². The number of Topliss-reactive ketones (excluding diaryl/α,β-unsaturated/α-hetero) is 1. The molecule has 12 heavy (non-hydrogen) atoms. The van der Waals surface area contributed by atoms with Crippen LogP contribution >= 0.6 is 0 Å². The number of hydrogen-bond acceptors (Lipinski definition) is 2. The highest BCUT2D eigenvalue weighted by molar-refractivity contribution is 5.80. The summed E-state index contributed by atoms with van der Waals surface area (Å²) in [4.78, 5) is 13.3. The lowest BCUT2D eigenvalue weighted by molar-refractivity contribution is -0.120. The van der Waals surface area contributed by atoms with Gasteiger partial charge in [-0.3, -0.25) is 9.69 Å². The largest absolute Gasteiger partial charge is 0.298 e. The molecular formula is C10H19NO. The van der Waals surface area contributed by atoms with Crippen molar-refractivity contribution in [3.8, 4) is 0 Å². The van der Waals surface area contributed by atoms with E-state index >= 15 is 0 Å². The van der Waals surface area contributed by atoms with Gasteiger partial charge in [-0.2, -0.15) is 0 Å². The first-order valence-corrected chi connectivity index (χ1v) is 4.87. The smallest absolute Gasteiger partial charge is 0.146 e. The molecule has 0 aromatic carbocycles. The normalized spacial score (nSPS) is 19.7. The van der Waals surface area contributed by atoms with Gasteiger partial charge < -0.3 is 0 Å². The lowest BCUT2D eigenvalue weighted by atomic mass is 10.2. The molecule has 1 unspecified atom stereocenters. The summed E-state index contributed by atoms with van der Waals surface area (Å²) < 4.78 is 0. The second kappa shape index (κ2) is 4.04. The van der Waals surface area contributed by atoms with Crippen molar-refractivity contribution in [2.45, 2.75) is 39.2 Å². The SMILES string of the molecule is CCC(=O)CN(C)C(C)C1CC1. The first-order valence-electron chi connectivity index (χ1n) is 4.87. The molecule has 0 N–H and O–H groups in total. The average Bonchev–Trinajstić information content (AvgIpc) is 2.85. The van der Waals surface area contributed by atoms with E-state index in [9.17, 15) is 4.79 Å². The van der Waals surface area contributed by atoms with Crippen LogP contribution < -0.4 is 0 Å². The Labute approximate surface area is 74.9 Å². The van der Waals surface area contributed by atoms with E-state index < -0.39 is 0 Å². The first kappa shape index (κ1) is 9.72. The van der Waals surface area contributed by atoms with E-state index in [1.54, 1.807) is 0 Å². The minimum absolute atomic E-state index is 0.352. The van der Waals surface area contributed by atoms with Gasteiger partial charge in [-0.25, -0.2) is 0 Å². The van der Waals surface area contributed by atoms with Gasteiger partial charge in [0.25, 0.3) is 0 Å². The van der Waals surface area contributed by atoms with Crippen LogP contribution in [0.4, 0.5) is 0 Å². The Morgan fingerprint density at radius 1 is 1.58 bits per heavy atom. The topological polar surface area (TPSA) is 20.3 Å². The van der Waals surface area contributed by atoms with Crippen LogP contribution in [0.2, 0.25) is 0 Å². The fourth-order valence-corrected chi connectivity index (χ4v) is 1.47. The van der Waals surface area contributed by atoms with Crippen LogP contribution in [-0.4, -0.2) is 30.3 Å². The Balaban J connectivity index is 2.25. The summed E-state index contributed by atoms with van der Waals surface area (Å²) in [5, 5.41) is 0. The van der Waals surface area contributed by atoms with Crippen molar-refractivity contribution >= 4 is 5.78 Å². The first-order chi connectivity index (χ1) is 5.65. The molecule has 0 aromatic heterocycles. The fourth-order valence-electron chi connectivity index (χ4n) is 1.47. The molecule has 0 aliphatic heterocycles. The van der Waals surface area contributed by atoms with Crippen LogP contribution in [0.1, 0.15) is 33.1 Å². The van der Waals surface area contributed by atoms with E-state index in [1.807, 2.05) is 6.92 Å². The predicted octanol–water partition coefficient (Wildman–Crippen LogP) is 1.70. The minimum Gasteiger partial charge on any atom is -0.298 e. The Morgan fingerprint density at radius 2 is 2.17 bits per heavy atom. The molecule has 0 bridgehead atoms. The van der Waals surface area contributed by atoms with Crippen molar-refractivity contribution < 1.29 is 4.79 Å². The van der Waals surface area contributed by atoms with Crippen molar-refractivity contribution in [3.05, 3.63) is 0 Å². The van der Waals surface area contributed by atoms with Gasteiger partial charge in [0.2, 0.25) is 0 Å². The average molecular weight is 169 g/mol. The molecule has 1 aliphatic carbocycles. The summed E-state index contributed by atoms with van der Waals surface area (Å²) in [7, 11) is 2.05. The third-order valence-electron chi connectivity index (χ3n) is 2.82. The molecule has 0 saturated heterocycles. The number of hydrogen-bond donors (Lipinski definition) is 0. The molecule has 2 nitrogen and oxygen atoms in total. The zero-order valence-corrected chi connectivity index (χ0v) is 8.34. The van der Waals surface area contributed by atoms with Crippen molar-refractivity contribution in [2.75, 3.05) is 13.6 Å². The summed E-state index contributed by atoms with van der Waals surface area (Å²) >= 11 is 0.